The number of nitrogens with zero attached hydrogens (tertiary/aromatic N) is 1. The SMILES string of the molecule is Cc1ncccc1NC(=O)[C@H](C)N. The van der Waals surface area contributed by atoms with Gasteiger partial charge < -0.3 is 11.1 Å². The smallest absolute Gasteiger partial charge is 0.241 e. The Labute approximate surface area is 77.2 Å². The van der Waals surface area contributed by atoms with Gasteiger partial charge in [0.05, 0.1) is 17.4 Å². The zero-order valence-electron chi connectivity index (χ0n) is 7.74. The average molecular weight is 179 g/mol. The summed E-state index contributed by atoms with van der Waals surface area (Å²) in [6.45, 7) is 3.47. The zero-order chi connectivity index (χ0) is 9.84. The van der Waals surface area contributed by atoms with Crippen LogP contribution in [0.25, 0.3) is 0 Å². The van der Waals surface area contributed by atoms with Crippen LogP contribution in [-0.4, -0.2) is 16.9 Å². The van der Waals surface area contributed by atoms with Gasteiger partial charge in [-0.15, -0.1) is 0 Å². The Bertz CT molecular complexity index is 309. The van der Waals surface area contributed by atoms with Crippen LogP contribution >= 0.6 is 0 Å². The summed E-state index contributed by atoms with van der Waals surface area (Å²) in [6.07, 6.45) is 1.68. The van der Waals surface area contributed by atoms with E-state index >= 15 is 0 Å². The third-order valence-corrected chi connectivity index (χ3v) is 1.68. The Balaban J connectivity index is 2.75. The first-order valence-electron chi connectivity index (χ1n) is 4.09. The van der Waals surface area contributed by atoms with Gasteiger partial charge in [0.15, 0.2) is 0 Å². The number of anilines is 1. The second-order valence-corrected chi connectivity index (χ2v) is 2.91. The summed E-state index contributed by atoms with van der Waals surface area (Å²) in [5.41, 5.74) is 6.90. The highest BCUT2D eigenvalue weighted by atomic mass is 16.2. The molecule has 3 N–H and O–H groups in total. The highest BCUT2D eigenvalue weighted by molar-refractivity contribution is 5.94. The average Bonchev–Trinajstić information content (AvgIpc) is 2.08. The number of rotatable bonds is 2. The first-order chi connectivity index (χ1) is 6.11. The minimum Gasteiger partial charge on any atom is -0.323 e. The molecule has 1 aromatic rings. The third kappa shape index (κ3) is 2.52. The molecule has 1 rings (SSSR count). The summed E-state index contributed by atoms with van der Waals surface area (Å²) in [6, 6.07) is 3.06. The van der Waals surface area contributed by atoms with E-state index in [2.05, 4.69) is 10.3 Å². The normalized spacial score (nSPS) is 12.2. The molecule has 0 aliphatic rings. The van der Waals surface area contributed by atoms with Gasteiger partial charge in [0.2, 0.25) is 5.91 Å². The van der Waals surface area contributed by atoms with Crippen molar-refractivity contribution >= 4 is 11.6 Å². The predicted octanol–water partition coefficient (Wildman–Crippen LogP) is 0.676. The van der Waals surface area contributed by atoms with Crippen molar-refractivity contribution in [2.45, 2.75) is 19.9 Å². The van der Waals surface area contributed by atoms with E-state index in [1.54, 1.807) is 25.3 Å². The van der Waals surface area contributed by atoms with Crippen molar-refractivity contribution in [3.63, 3.8) is 0 Å². The van der Waals surface area contributed by atoms with E-state index in [9.17, 15) is 4.79 Å². The zero-order valence-corrected chi connectivity index (χ0v) is 7.74. The standard InChI is InChI=1S/C9H13N3O/c1-6(10)9(13)12-8-4-3-5-11-7(8)2/h3-6H,10H2,1-2H3,(H,12,13)/t6-/m0/s1. The van der Waals surface area contributed by atoms with E-state index in [0.717, 1.165) is 5.69 Å². The number of amides is 1. The Kier molecular flexibility index (Phi) is 2.97. The van der Waals surface area contributed by atoms with Crippen LogP contribution < -0.4 is 11.1 Å². The van der Waals surface area contributed by atoms with Gasteiger partial charge in [0.1, 0.15) is 0 Å². The van der Waals surface area contributed by atoms with Crippen molar-refractivity contribution in [1.29, 1.82) is 0 Å². The molecule has 1 aromatic heterocycles. The van der Waals surface area contributed by atoms with Gasteiger partial charge in [0.25, 0.3) is 0 Å². The highest BCUT2D eigenvalue weighted by Gasteiger charge is 2.08. The van der Waals surface area contributed by atoms with Crippen LogP contribution in [0.15, 0.2) is 18.3 Å². The summed E-state index contributed by atoms with van der Waals surface area (Å²) < 4.78 is 0. The lowest BCUT2D eigenvalue weighted by molar-refractivity contribution is -0.117. The summed E-state index contributed by atoms with van der Waals surface area (Å²) in [5, 5.41) is 2.68. The number of carbonyl (C=O) groups is 1. The van der Waals surface area contributed by atoms with Crippen LogP contribution in [-0.2, 0) is 4.79 Å². The van der Waals surface area contributed by atoms with Gasteiger partial charge in [-0.2, -0.15) is 0 Å². The van der Waals surface area contributed by atoms with E-state index < -0.39 is 6.04 Å². The largest absolute Gasteiger partial charge is 0.323 e. The van der Waals surface area contributed by atoms with E-state index in [4.69, 9.17) is 5.73 Å². The van der Waals surface area contributed by atoms with Crippen molar-refractivity contribution in [1.82, 2.24) is 4.98 Å². The van der Waals surface area contributed by atoms with E-state index in [-0.39, 0.29) is 5.91 Å². The van der Waals surface area contributed by atoms with Crippen molar-refractivity contribution in [3.8, 4) is 0 Å². The molecule has 0 aromatic carbocycles. The van der Waals surface area contributed by atoms with Gasteiger partial charge in [-0.05, 0) is 26.0 Å². The van der Waals surface area contributed by atoms with E-state index in [1.807, 2.05) is 6.92 Å². The van der Waals surface area contributed by atoms with Crippen molar-refractivity contribution in [2.75, 3.05) is 5.32 Å². The molecular formula is C9H13N3O. The minimum atomic E-state index is -0.500. The monoisotopic (exact) mass is 179 g/mol. The van der Waals surface area contributed by atoms with Crippen LogP contribution in [0.1, 0.15) is 12.6 Å². The number of aryl methyl sites for hydroxylation is 1. The lowest BCUT2D eigenvalue weighted by Crippen LogP contribution is -2.32. The summed E-state index contributed by atoms with van der Waals surface area (Å²) in [7, 11) is 0. The van der Waals surface area contributed by atoms with Crippen molar-refractivity contribution < 1.29 is 4.79 Å². The first-order valence-corrected chi connectivity index (χ1v) is 4.09. The molecule has 0 saturated heterocycles. The number of nitrogens with one attached hydrogen (secondary N) is 1. The molecule has 0 saturated carbocycles. The number of nitrogens with two attached hydrogens (primary N) is 1. The van der Waals surface area contributed by atoms with Crippen molar-refractivity contribution in [2.24, 2.45) is 5.73 Å². The lowest BCUT2D eigenvalue weighted by atomic mass is 10.3. The fraction of sp³-hybridized carbons (Fsp3) is 0.333. The Hall–Kier alpha value is -1.42. The van der Waals surface area contributed by atoms with Gasteiger partial charge in [-0.3, -0.25) is 9.78 Å². The van der Waals surface area contributed by atoms with Crippen molar-refractivity contribution in [3.05, 3.63) is 24.0 Å². The number of carbonyl (C=O) groups excluding carboxylic acids is 1. The van der Waals surface area contributed by atoms with Gasteiger partial charge in [0, 0.05) is 6.20 Å². The predicted molar refractivity (Wildman–Crippen MR) is 51.3 cm³/mol. The molecule has 1 atom stereocenters. The van der Waals surface area contributed by atoms with Gasteiger partial charge in [-0.1, -0.05) is 0 Å². The molecule has 0 spiro atoms. The molecular weight excluding hydrogens is 166 g/mol. The van der Waals surface area contributed by atoms with E-state index in [0.29, 0.717) is 5.69 Å². The maximum atomic E-state index is 11.2. The molecule has 4 nitrogen and oxygen atoms in total. The highest BCUT2D eigenvalue weighted by Crippen LogP contribution is 2.09. The maximum Gasteiger partial charge on any atom is 0.241 e. The van der Waals surface area contributed by atoms with Crippen LogP contribution in [0.5, 0.6) is 0 Å². The van der Waals surface area contributed by atoms with Crippen LogP contribution in [0.2, 0.25) is 0 Å². The van der Waals surface area contributed by atoms with Gasteiger partial charge in [-0.25, -0.2) is 0 Å². The molecule has 0 radical (unpaired) electrons. The second-order valence-electron chi connectivity index (χ2n) is 2.91. The summed E-state index contributed by atoms with van der Waals surface area (Å²) in [5.74, 6) is -0.198. The summed E-state index contributed by atoms with van der Waals surface area (Å²) >= 11 is 0. The summed E-state index contributed by atoms with van der Waals surface area (Å²) in [4.78, 5) is 15.2. The third-order valence-electron chi connectivity index (χ3n) is 1.68. The molecule has 0 aliphatic heterocycles. The fourth-order valence-corrected chi connectivity index (χ4v) is 0.863. The Morgan fingerprint density at radius 1 is 1.69 bits per heavy atom. The van der Waals surface area contributed by atoms with Crippen LogP contribution in [0.3, 0.4) is 0 Å². The van der Waals surface area contributed by atoms with E-state index in [1.165, 1.54) is 0 Å². The maximum absolute atomic E-state index is 11.2. The minimum absolute atomic E-state index is 0.198. The molecule has 4 heteroatoms. The van der Waals surface area contributed by atoms with Gasteiger partial charge >= 0.3 is 0 Å². The molecule has 1 amide bonds. The number of pyridine rings is 1. The van der Waals surface area contributed by atoms with Crippen LogP contribution in [0.4, 0.5) is 5.69 Å². The molecule has 0 unspecified atom stereocenters. The van der Waals surface area contributed by atoms with Crippen LogP contribution in [0, 0.1) is 6.92 Å². The molecule has 0 fully saturated rings. The molecule has 0 bridgehead atoms. The Morgan fingerprint density at radius 3 is 2.92 bits per heavy atom. The molecule has 0 aliphatic carbocycles. The number of hydrogen-bond acceptors (Lipinski definition) is 3. The number of aromatic nitrogens is 1. The lowest BCUT2D eigenvalue weighted by Gasteiger charge is -2.08. The topological polar surface area (TPSA) is 68.0 Å². The second kappa shape index (κ2) is 4.00. The molecule has 13 heavy (non-hydrogen) atoms. The molecule has 70 valence electrons. The first kappa shape index (κ1) is 9.67. The molecule has 1 heterocycles. The quantitative estimate of drug-likeness (QED) is 0.701. The Morgan fingerprint density at radius 2 is 2.38 bits per heavy atom. The fourth-order valence-electron chi connectivity index (χ4n) is 0.863. The number of hydrogen-bond donors (Lipinski definition) is 2.